The van der Waals surface area contributed by atoms with Crippen molar-refractivity contribution in [1.29, 1.82) is 0 Å². The fourth-order valence-corrected chi connectivity index (χ4v) is 4.00. The predicted octanol–water partition coefficient (Wildman–Crippen LogP) is 1.54. The van der Waals surface area contributed by atoms with E-state index in [-0.39, 0.29) is 42.2 Å². The maximum absolute atomic E-state index is 13.0. The van der Waals surface area contributed by atoms with Crippen LogP contribution in [0.3, 0.4) is 0 Å². The minimum Gasteiger partial charge on any atom is -0.483 e. The van der Waals surface area contributed by atoms with Gasteiger partial charge in [-0.15, -0.1) is 0 Å². The van der Waals surface area contributed by atoms with Crippen molar-refractivity contribution in [2.45, 2.75) is 44.6 Å². The zero-order valence-corrected chi connectivity index (χ0v) is 18.5. The number of piperidine rings is 1. The molecule has 2 aliphatic heterocycles. The lowest BCUT2D eigenvalue weighted by Gasteiger charge is -2.27. The number of amides is 5. The second-order valence-electron chi connectivity index (χ2n) is 7.37. The van der Waals surface area contributed by atoms with Crippen LogP contribution in [0.25, 0.3) is 0 Å². The number of alkyl halides is 1. The average Bonchev–Trinajstić information content (AvgIpc) is 3.00. The van der Waals surface area contributed by atoms with Crippen LogP contribution >= 0.6 is 15.9 Å². The molecule has 1 saturated heterocycles. The number of ether oxygens (including phenoxy) is 1. The monoisotopic (exact) mass is 493 g/mol. The fourth-order valence-electron chi connectivity index (χ4n) is 3.60. The van der Waals surface area contributed by atoms with E-state index in [1.807, 2.05) is 0 Å². The van der Waals surface area contributed by atoms with Crippen LogP contribution in [0.15, 0.2) is 18.2 Å². The molecule has 1 aromatic rings. The number of carbonyl (C=O) groups is 5. The topological polar surface area (TPSA) is 122 Å². The van der Waals surface area contributed by atoms with Gasteiger partial charge in [0.15, 0.2) is 6.61 Å². The number of nitrogens with one attached hydrogen (secondary N) is 2. The van der Waals surface area contributed by atoms with E-state index in [1.54, 1.807) is 6.07 Å². The van der Waals surface area contributed by atoms with Gasteiger partial charge in [-0.3, -0.25) is 34.2 Å². The van der Waals surface area contributed by atoms with Crippen LogP contribution in [0.5, 0.6) is 5.75 Å². The second-order valence-corrected chi connectivity index (χ2v) is 8.16. The Balaban J connectivity index is 1.61. The standard InChI is InChI=1S/C21H24BrN3O6/c22-10-3-1-2-4-11-23-17(27)12-31-15-7-5-6-13-18(15)21(30)25(20(13)29)14-8-9-16(26)24-19(14)28/h5-7,14H,1-4,8-12H2,(H,23,27)(H,24,26,28). The van der Waals surface area contributed by atoms with Crippen LogP contribution in [0.1, 0.15) is 59.2 Å². The van der Waals surface area contributed by atoms with Gasteiger partial charge in [-0.05, 0) is 31.4 Å². The van der Waals surface area contributed by atoms with Crippen LogP contribution in [0.4, 0.5) is 0 Å². The molecule has 1 atom stereocenters. The second kappa shape index (κ2) is 10.5. The molecule has 3 rings (SSSR count). The molecule has 166 valence electrons. The Labute approximate surface area is 188 Å². The van der Waals surface area contributed by atoms with Crippen LogP contribution < -0.4 is 15.4 Å². The van der Waals surface area contributed by atoms with Gasteiger partial charge < -0.3 is 10.1 Å². The summed E-state index contributed by atoms with van der Waals surface area (Å²) in [4.78, 5) is 62.2. The van der Waals surface area contributed by atoms with Gasteiger partial charge in [-0.1, -0.05) is 34.8 Å². The van der Waals surface area contributed by atoms with Crippen molar-refractivity contribution < 1.29 is 28.7 Å². The van der Waals surface area contributed by atoms with Gasteiger partial charge in [0, 0.05) is 18.3 Å². The van der Waals surface area contributed by atoms with Crippen LogP contribution in [0, 0.1) is 0 Å². The van der Waals surface area contributed by atoms with Crippen molar-refractivity contribution in [3.05, 3.63) is 29.3 Å². The van der Waals surface area contributed by atoms with E-state index >= 15 is 0 Å². The van der Waals surface area contributed by atoms with E-state index in [9.17, 15) is 24.0 Å². The number of halogens is 1. The van der Waals surface area contributed by atoms with Crippen molar-refractivity contribution >= 4 is 45.5 Å². The highest BCUT2D eigenvalue weighted by Gasteiger charge is 2.46. The Morgan fingerprint density at radius 2 is 1.90 bits per heavy atom. The minimum atomic E-state index is -1.05. The van der Waals surface area contributed by atoms with Crippen LogP contribution in [0.2, 0.25) is 0 Å². The molecule has 0 saturated carbocycles. The summed E-state index contributed by atoms with van der Waals surface area (Å²) in [6.07, 6.45) is 4.19. The molecule has 10 heteroatoms. The van der Waals surface area contributed by atoms with E-state index in [0.29, 0.717) is 6.54 Å². The Bertz CT molecular complexity index is 903. The number of carbonyl (C=O) groups excluding carboxylic acids is 5. The number of unbranched alkanes of at least 4 members (excludes halogenated alkanes) is 3. The molecule has 1 aromatic carbocycles. The van der Waals surface area contributed by atoms with E-state index in [2.05, 4.69) is 26.6 Å². The lowest BCUT2D eigenvalue weighted by molar-refractivity contribution is -0.136. The summed E-state index contributed by atoms with van der Waals surface area (Å²) in [6.45, 7) is 0.246. The molecule has 1 fully saturated rings. The number of nitrogens with zero attached hydrogens (tertiary/aromatic N) is 1. The van der Waals surface area contributed by atoms with Crippen molar-refractivity contribution in [2.24, 2.45) is 0 Å². The minimum absolute atomic E-state index is 0.0276. The third-order valence-electron chi connectivity index (χ3n) is 5.17. The summed E-state index contributed by atoms with van der Waals surface area (Å²) in [5.74, 6) is -2.61. The summed E-state index contributed by atoms with van der Waals surface area (Å²) in [5.41, 5.74) is 0.138. The summed E-state index contributed by atoms with van der Waals surface area (Å²) >= 11 is 3.38. The Kier molecular flexibility index (Phi) is 7.78. The van der Waals surface area contributed by atoms with Gasteiger partial charge in [0.2, 0.25) is 11.8 Å². The maximum atomic E-state index is 13.0. The third-order valence-corrected chi connectivity index (χ3v) is 5.73. The van der Waals surface area contributed by atoms with Gasteiger partial charge >= 0.3 is 0 Å². The van der Waals surface area contributed by atoms with Crippen LogP contribution in [-0.2, 0) is 14.4 Å². The molecule has 2 heterocycles. The zero-order chi connectivity index (χ0) is 22.4. The smallest absolute Gasteiger partial charge is 0.266 e. The molecule has 31 heavy (non-hydrogen) atoms. The predicted molar refractivity (Wildman–Crippen MR) is 114 cm³/mol. The largest absolute Gasteiger partial charge is 0.483 e. The number of rotatable bonds is 10. The van der Waals surface area contributed by atoms with Gasteiger partial charge in [-0.25, -0.2) is 0 Å². The normalized spacial score (nSPS) is 18.1. The highest BCUT2D eigenvalue weighted by molar-refractivity contribution is 9.09. The summed E-state index contributed by atoms with van der Waals surface area (Å²) in [7, 11) is 0. The third kappa shape index (κ3) is 5.30. The molecule has 1 unspecified atom stereocenters. The van der Waals surface area contributed by atoms with Crippen molar-refractivity contribution in [3.63, 3.8) is 0 Å². The molecule has 0 aliphatic carbocycles. The van der Waals surface area contributed by atoms with Gasteiger partial charge in [0.05, 0.1) is 11.1 Å². The Hall–Kier alpha value is -2.75. The molecule has 2 N–H and O–H groups in total. The Morgan fingerprint density at radius 1 is 1.13 bits per heavy atom. The average molecular weight is 494 g/mol. The highest BCUT2D eigenvalue weighted by atomic mass is 79.9. The first-order valence-corrected chi connectivity index (χ1v) is 11.4. The van der Waals surface area contributed by atoms with Gasteiger partial charge in [-0.2, -0.15) is 0 Å². The molecule has 9 nitrogen and oxygen atoms in total. The summed E-state index contributed by atoms with van der Waals surface area (Å²) in [5, 5.41) is 5.89. The number of hydrogen-bond acceptors (Lipinski definition) is 6. The van der Waals surface area contributed by atoms with E-state index in [1.165, 1.54) is 12.1 Å². The Morgan fingerprint density at radius 3 is 2.65 bits per heavy atom. The first-order valence-electron chi connectivity index (χ1n) is 10.2. The highest BCUT2D eigenvalue weighted by Crippen LogP contribution is 2.33. The van der Waals surface area contributed by atoms with Crippen molar-refractivity contribution in [2.75, 3.05) is 18.5 Å². The van der Waals surface area contributed by atoms with E-state index < -0.39 is 29.7 Å². The van der Waals surface area contributed by atoms with E-state index in [0.717, 1.165) is 35.9 Å². The molecule has 0 spiro atoms. The zero-order valence-electron chi connectivity index (χ0n) is 16.9. The van der Waals surface area contributed by atoms with E-state index in [4.69, 9.17) is 4.74 Å². The molecule has 5 amide bonds. The van der Waals surface area contributed by atoms with Gasteiger partial charge in [0.1, 0.15) is 11.8 Å². The van der Waals surface area contributed by atoms with Crippen LogP contribution in [-0.4, -0.2) is 59.0 Å². The molecule has 0 aromatic heterocycles. The lowest BCUT2D eigenvalue weighted by atomic mass is 10.0. The fraction of sp³-hybridized carbons (Fsp3) is 0.476. The van der Waals surface area contributed by atoms with Crippen molar-refractivity contribution in [3.8, 4) is 5.75 Å². The molecular formula is C21H24BrN3O6. The SMILES string of the molecule is O=C(COc1cccc2c1C(=O)N(C1CCC(=O)NC1=O)C2=O)NCCCCCCBr. The number of benzene rings is 1. The first-order chi connectivity index (χ1) is 14.9. The number of imide groups is 2. The van der Waals surface area contributed by atoms with Gasteiger partial charge in [0.25, 0.3) is 17.7 Å². The first kappa shape index (κ1) is 22.9. The molecule has 2 aliphatic rings. The number of fused-ring (bicyclic) bond motifs is 1. The molecular weight excluding hydrogens is 470 g/mol. The maximum Gasteiger partial charge on any atom is 0.266 e. The lowest BCUT2D eigenvalue weighted by Crippen LogP contribution is -2.54. The summed E-state index contributed by atoms with van der Waals surface area (Å²) < 4.78 is 5.53. The summed E-state index contributed by atoms with van der Waals surface area (Å²) in [6, 6.07) is 3.48. The molecule has 0 bridgehead atoms. The molecule has 0 radical (unpaired) electrons. The van der Waals surface area contributed by atoms with Crippen molar-refractivity contribution in [1.82, 2.24) is 15.5 Å². The number of hydrogen-bond donors (Lipinski definition) is 2. The quantitative estimate of drug-likeness (QED) is 0.289.